The summed E-state index contributed by atoms with van der Waals surface area (Å²) in [6.07, 6.45) is 10.7. The molecule has 6 nitrogen and oxygen atoms in total. The number of carbonyl (C=O) groups is 1. The van der Waals surface area contributed by atoms with Crippen molar-refractivity contribution in [3.63, 3.8) is 0 Å². The number of rotatable bonds is 7. The second-order valence-electron chi connectivity index (χ2n) is 9.52. The van der Waals surface area contributed by atoms with Crippen molar-refractivity contribution >= 4 is 23.5 Å². The maximum atomic E-state index is 12.1. The quantitative estimate of drug-likeness (QED) is 0.648. The van der Waals surface area contributed by atoms with Gasteiger partial charge >= 0.3 is 0 Å². The molecular weight excluding hydrogens is 400 g/mol. The first-order valence-electron chi connectivity index (χ1n) is 11.6. The molecule has 4 rings (SSSR count). The number of hydrogen-bond donors (Lipinski definition) is 0. The van der Waals surface area contributed by atoms with Crippen molar-refractivity contribution in [2.45, 2.75) is 58.5 Å². The molecule has 2 atom stereocenters. The Morgan fingerprint density at radius 1 is 1.13 bits per heavy atom. The highest BCUT2D eigenvalue weighted by atomic mass is 35.5. The van der Waals surface area contributed by atoms with Gasteiger partial charge in [-0.15, -0.1) is 0 Å². The second kappa shape index (κ2) is 9.82. The number of halogens is 1. The summed E-state index contributed by atoms with van der Waals surface area (Å²) in [5, 5.41) is 0.589. The number of aromatic nitrogens is 2. The Bertz CT molecular complexity index is 698. The summed E-state index contributed by atoms with van der Waals surface area (Å²) in [7, 11) is 0. The minimum Gasteiger partial charge on any atom is -0.378 e. The van der Waals surface area contributed by atoms with Gasteiger partial charge in [0, 0.05) is 38.7 Å². The van der Waals surface area contributed by atoms with Gasteiger partial charge < -0.3 is 14.5 Å². The van der Waals surface area contributed by atoms with E-state index in [1.807, 2.05) is 18.7 Å². The van der Waals surface area contributed by atoms with Crippen LogP contribution in [-0.2, 0) is 9.53 Å². The fourth-order valence-electron chi connectivity index (χ4n) is 5.17. The molecule has 166 valence electrons. The molecule has 0 aromatic carbocycles. The van der Waals surface area contributed by atoms with E-state index in [4.69, 9.17) is 16.3 Å². The van der Waals surface area contributed by atoms with E-state index in [-0.39, 0.29) is 11.8 Å². The third-order valence-corrected chi connectivity index (χ3v) is 7.30. The van der Waals surface area contributed by atoms with Crippen LogP contribution in [0.1, 0.15) is 52.4 Å². The molecule has 1 amide bonds. The van der Waals surface area contributed by atoms with Crippen LogP contribution in [0.2, 0.25) is 5.02 Å². The monoisotopic (exact) mass is 434 g/mol. The minimum atomic E-state index is 0.0971. The number of piperidine rings is 2. The molecule has 3 fully saturated rings. The first-order chi connectivity index (χ1) is 14.5. The van der Waals surface area contributed by atoms with E-state index in [0.717, 1.165) is 69.3 Å². The van der Waals surface area contributed by atoms with Gasteiger partial charge in [-0.1, -0.05) is 25.4 Å². The summed E-state index contributed by atoms with van der Waals surface area (Å²) >= 11 is 5.89. The van der Waals surface area contributed by atoms with Crippen LogP contribution in [0.4, 0.5) is 5.95 Å². The lowest BCUT2D eigenvalue weighted by atomic mass is 9.90. The van der Waals surface area contributed by atoms with Gasteiger partial charge in [0.2, 0.25) is 11.9 Å². The van der Waals surface area contributed by atoms with Gasteiger partial charge in [-0.3, -0.25) is 4.79 Å². The standard InChI is InChI=1S/C23H35ClN4O2/c1-16(2)22(29)27-10-5-20(6-11-27)30-12-7-18-13-21(18)17-3-8-28(9-4-17)23-25-14-19(24)15-26-23/h14-18,20-21H,3-13H2,1-2H3. The highest BCUT2D eigenvalue weighted by molar-refractivity contribution is 6.30. The zero-order chi connectivity index (χ0) is 21.1. The van der Waals surface area contributed by atoms with Gasteiger partial charge in [0.1, 0.15) is 0 Å². The molecule has 3 aliphatic rings. The topological polar surface area (TPSA) is 58.6 Å². The lowest BCUT2D eigenvalue weighted by molar-refractivity contribution is -0.137. The summed E-state index contributed by atoms with van der Waals surface area (Å²) < 4.78 is 6.17. The summed E-state index contributed by atoms with van der Waals surface area (Å²) in [6.45, 7) is 8.62. The van der Waals surface area contributed by atoms with Crippen molar-refractivity contribution in [3.05, 3.63) is 17.4 Å². The van der Waals surface area contributed by atoms with E-state index in [9.17, 15) is 4.79 Å². The van der Waals surface area contributed by atoms with Crippen molar-refractivity contribution in [1.29, 1.82) is 0 Å². The third kappa shape index (κ3) is 5.44. The van der Waals surface area contributed by atoms with Crippen LogP contribution in [0, 0.1) is 23.7 Å². The van der Waals surface area contributed by atoms with Gasteiger partial charge in [0.15, 0.2) is 0 Å². The molecule has 2 saturated heterocycles. The molecule has 30 heavy (non-hydrogen) atoms. The number of carbonyl (C=O) groups excluding carboxylic acids is 1. The zero-order valence-corrected chi connectivity index (χ0v) is 19.1. The Balaban J connectivity index is 1.10. The Morgan fingerprint density at radius 2 is 1.80 bits per heavy atom. The van der Waals surface area contributed by atoms with Crippen LogP contribution in [0.15, 0.2) is 12.4 Å². The molecule has 0 radical (unpaired) electrons. The lowest BCUT2D eigenvalue weighted by Crippen LogP contribution is -2.42. The van der Waals surface area contributed by atoms with Crippen molar-refractivity contribution in [1.82, 2.24) is 14.9 Å². The molecule has 0 N–H and O–H groups in total. The molecule has 1 aromatic heterocycles. The summed E-state index contributed by atoms with van der Waals surface area (Å²) in [4.78, 5) is 25.1. The van der Waals surface area contributed by atoms with Gasteiger partial charge in [0.25, 0.3) is 0 Å². The Morgan fingerprint density at radius 3 is 2.43 bits per heavy atom. The van der Waals surface area contributed by atoms with E-state index in [1.54, 1.807) is 12.4 Å². The van der Waals surface area contributed by atoms with E-state index < -0.39 is 0 Å². The Hall–Kier alpha value is -1.40. The number of nitrogens with zero attached hydrogens (tertiary/aromatic N) is 4. The number of hydrogen-bond acceptors (Lipinski definition) is 5. The molecule has 2 aliphatic heterocycles. The molecule has 2 unspecified atom stereocenters. The zero-order valence-electron chi connectivity index (χ0n) is 18.3. The van der Waals surface area contributed by atoms with Crippen LogP contribution >= 0.6 is 11.6 Å². The fourth-order valence-corrected chi connectivity index (χ4v) is 5.27. The second-order valence-corrected chi connectivity index (χ2v) is 9.96. The van der Waals surface area contributed by atoms with Crippen LogP contribution in [0.3, 0.4) is 0 Å². The van der Waals surface area contributed by atoms with Crippen LogP contribution < -0.4 is 4.90 Å². The largest absolute Gasteiger partial charge is 0.378 e. The molecule has 1 aliphatic carbocycles. The number of likely N-dealkylation sites (tertiary alicyclic amines) is 1. The molecule has 1 aromatic rings. The van der Waals surface area contributed by atoms with Crippen molar-refractivity contribution < 1.29 is 9.53 Å². The first kappa shape index (κ1) is 21.8. The number of ether oxygens (including phenoxy) is 1. The molecule has 1 saturated carbocycles. The average Bonchev–Trinajstić information content (AvgIpc) is 3.54. The lowest BCUT2D eigenvalue weighted by Gasteiger charge is -2.33. The van der Waals surface area contributed by atoms with Crippen LogP contribution in [0.5, 0.6) is 0 Å². The van der Waals surface area contributed by atoms with E-state index >= 15 is 0 Å². The number of amides is 1. The fraction of sp³-hybridized carbons (Fsp3) is 0.783. The minimum absolute atomic E-state index is 0.0971. The summed E-state index contributed by atoms with van der Waals surface area (Å²) in [5.41, 5.74) is 0. The predicted octanol–water partition coefficient (Wildman–Crippen LogP) is 4.04. The van der Waals surface area contributed by atoms with E-state index in [2.05, 4.69) is 14.9 Å². The van der Waals surface area contributed by atoms with Crippen molar-refractivity contribution in [2.75, 3.05) is 37.7 Å². The maximum absolute atomic E-state index is 12.1. The first-order valence-corrected chi connectivity index (χ1v) is 12.0. The normalized spacial score (nSPS) is 25.7. The van der Waals surface area contributed by atoms with E-state index in [1.165, 1.54) is 25.7 Å². The molecule has 7 heteroatoms. The SMILES string of the molecule is CC(C)C(=O)N1CCC(OCCC2CC2C2CCN(c3ncc(Cl)cn3)CC2)CC1. The Kier molecular flexibility index (Phi) is 7.14. The highest BCUT2D eigenvalue weighted by Gasteiger charge is 2.43. The van der Waals surface area contributed by atoms with Crippen molar-refractivity contribution in [3.8, 4) is 0 Å². The highest BCUT2D eigenvalue weighted by Crippen LogP contribution is 2.50. The molecule has 0 bridgehead atoms. The van der Waals surface area contributed by atoms with Gasteiger partial charge in [-0.25, -0.2) is 9.97 Å². The molecule has 0 spiro atoms. The van der Waals surface area contributed by atoms with Gasteiger partial charge in [-0.2, -0.15) is 0 Å². The Labute approximate surface area is 185 Å². The predicted molar refractivity (Wildman–Crippen MR) is 119 cm³/mol. The molecule has 3 heterocycles. The summed E-state index contributed by atoms with van der Waals surface area (Å²) in [5.74, 6) is 3.75. The van der Waals surface area contributed by atoms with Gasteiger partial charge in [0.05, 0.1) is 23.5 Å². The van der Waals surface area contributed by atoms with Crippen LogP contribution in [-0.4, -0.2) is 59.7 Å². The van der Waals surface area contributed by atoms with Gasteiger partial charge in [-0.05, 0) is 56.3 Å². The van der Waals surface area contributed by atoms with E-state index in [0.29, 0.717) is 11.1 Å². The van der Waals surface area contributed by atoms with Crippen molar-refractivity contribution in [2.24, 2.45) is 23.7 Å². The molecular formula is C23H35ClN4O2. The smallest absolute Gasteiger partial charge is 0.225 e. The maximum Gasteiger partial charge on any atom is 0.225 e. The van der Waals surface area contributed by atoms with Crippen LogP contribution in [0.25, 0.3) is 0 Å². The summed E-state index contributed by atoms with van der Waals surface area (Å²) in [6, 6.07) is 0. The number of anilines is 1. The third-order valence-electron chi connectivity index (χ3n) is 7.10. The average molecular weight is 435 g/mol.